The highest BCUT2D eigenvalue weighted by molar-refractivity contribution is 5.97. The molecule has 0 bridgehead atoms. The van der Waals surface area contributed by atoms with E-state index in [0.29, 0.717) is 0 Å². The summed E-state index contributed by atoms with van der Waals surface area (Å²) in [5.74, 6) is -1.24. The van der Waals surface area contributed by atoms with E-state index in [4.69, 9.17) is 5.73 Å². The molecule has 0 heterocycles. The molecule has 1 aromatic carbocycles. The molecular weight excluding hydrogens is 235 g/mol. The molecule has 3 nitrogen and oxygen atoms in total. The standard InChI is InChI=1S/C11H10F3NO2/c1-6(16)9-5-8(11(12,13)14)3-2-7(9)4-10(15)17/h2-3,5H,4H2,1H3,(H2,15,17). The number of halogens is 3. The highest BCUT2D eigenvalue weighted by atomic mass is 19.4. The maximum absolute atomic E-state index is 12.4. The minimum atomic E-state index is -4.52. The van der Waals surface area contributed by atoms with E-state index in [9.17, 15) is 22.8 Å². The quantitative estimate of drug-likeness (QED) is 0.827. The van der Waals surface area contributed by atoms with E-state index in [1.54, 1.807) is 0 Å². The lowest BCUT2D eigenvalue weighted by Crippen LogP contribution is -2.16. The van der Waals surface area contributed by atoms with E-state index in [1.165, 1.54) is 0 Å². The summed E-state index contributed by atoms with van der Waals surface area (Å²) in [5, 5.41) is 0. The fourth-order valence-corrected chi connectivity index (χ4v) is 1.42. The summed E-state index contributed by atoms with van der Waals surface area (Å²) in [6.45, 7) is 1.14. The van der Waals surface area contributed by atoms with Gasteiger partial charge in [0.1, 0.15) is 0 Å². The van der Waals surface area contributed by atoms with Gasteiger partial charge in [0, 0.05) is 5.56 Å². The van der Waals surface area contributed by atoms with Crippen molar-refractivity contribution in [1.29, 1.82) is 0 Å². The number of hydrogen-bond acceptors (Lipinski definition) is 2. The van der Waals surface area contributed by atoms with Gasteiger partial charge in [0.2, 0.25) is 5.91 Å². The van der Waals surface area contributed by atoms with Crippen LogP contribution in [0.15, 0.2) is 18.2 Å². The SMILES string of the molecule is CC(=O)c1cc(C(F)(F)F)ccc1CC(N)=O. The van der Waals surface area contributed by atoms with Gasteiger partial charge in [-0.3, -0.25) is 9.59 Å². The number of Topliss-reactive ketones (excluding diaryl/α,β-unsaturated/α-hetero) is 1. The van der Waals surface area contributed by atoms with Crippen LogP contribution in [0.1, 0.15) is 28.4 Å². The molecular formula is C11H10F3NO2. The van der Waals surface area contributed by atoms with Crippen molar-refractivity contribution in [2.24, 2.45) is 5.73 Å². The van der Waals surface area contributed by atoms with Crippen LogP contribution in [0.25, 0.3) is 0 Å². The monoisotopic (exact) mass is 245 g/mol. The van der Waals surface area contributed by atoms with Gasteiger partial charge in [-0.15, -0.1) is 0 Å². The van der Waals surface area contributed by atoms with Crippen LogP contribution >= 0.6 is 0 Å². The van der Waals surface area contributed by atoms with Gasteiger partial charge >= 0.3 is 6.18 Å². The van der Waals surface area contributed by atoms with Gasteiger partial charge in [0.25, 0.3) is 0 Å². The van der Waals surface area contributed by atoms with Gasteiger partial charge in [0.05, 0.1) is 12.0 Å². The summed E-state index contributed by atoms with van der Waals surface area (Å²) in [6.07, 6.45) is -4.78. The number of rotatable bonds is 3. The smallest absolute Gasteiger partial charge is 0.369 e. The molecule has 92 valence electrons. The highest BCUT2D eigenvalue weighted by Crippen LogP contribution is 2.30. The first-order valence-electron chi connectivity index (χ1n) is 4.71. The van der Waals surface area contributed by atoms with Crippen LogP contribution in [0.4, 0.5) is 13.2 Å². The number of primary amides is 1. The van der Waals surface area contributed by atoms with E-state index in [2.05, 4.69) is 0 Å². The second-order valence-electron chi connectivity index (χ2n) is 3.57. The average Bonchev–Trinajstić information content (AvgIpc) is 2.15. The number of nitrogens with two attached hydrogens (primary N) is 1. The Hall–Kier alpha value is -1.85. The van der Waals surface area contributed by atoms with Crippen molar-refractivity contribution in [3.8, 4) is 0 Å². The summed E-state index contributed by atoms with van der Waals surface area (Å²) < 4.78 is 37.3. The lowest BCUT2D eigenvalue weighted by atomic mass is 9.98. The Morgan fingerprint density at radius 2 is 1.88 bits per heavy atom. The van der Waals surface area contributed by atoms with Crippen molar-refractivity contribution in [2.75, 3.05) is 0 Å². The van der Waals surface area contributed by atoms with Crippen molar-refractivity contribution in [2.45, 2.75) is 19.5 Å². The summed E-state index contributed by atoms with van der Waals surface area (Å²) in [5.41, 5.74) is 4.10. The first-order valence-corrected chi connectivity index (χ1v) is 4.71. The molecule has 0 aliphatic heterocycles. The topological polar surface area (TPSA) is 60.2 Å². The van der Waals surface area contributed by atoms with Gasteiger partial charge < -0.3 is 5.73 Å². The summed E-state index contributed by atoms with van der Waals surface area (Å²) in [6, 6.07) is 2.66. The number of hydrogen-bond donors (Lipinski definition) is 1. The fourth-order valence-electron chi connectivity index (χ4n) is 1.42. The third-order valence-electron chi connectivity index (χ3n) is 2.18. The largest absolute Gasteiger partial charge is 0.416 e. The molecule has 1 amide bonds. The lowest BCUT2D eigenvalue weighted by molar-refractivity contribution is -0.137. The Morgan fingerprint density at radius 1 is 1.29 bits per heavy atom. The molecule has 0 aromatic heterocycles. The number of carbonyl (C=O) groups excluding carboxylic acids is 2. The first kappa shape index (κ1) is 13.2. The van der Waals surface area contributed by atoms with Gasteiger partial charge in [-0.1, -0.05) is 6.07 Å². The molecule has 0 aliphatic carbocycles. The number of benzene rings is 1. The Balaban J connectivity index is 3.27. The average molecular weight is 245 g/mol. The van der Waals surface area contributed by atoms with Gasteiger partial charge in [-0.25, -0.2) is 0 Å². The van der Waals surface area contributed by atoms with Gasteiger partial charge in [0.15, 0.2) is 5.78 Å². The molecule has 2 N–H and O–H groups in total. The number of alkyl halides is 3. The van der Waals surface area contributed by atoms with Crippen molar-refractivity contribution < 1.29 is 22.8 Å². The van der Waals surface area contributed by atoms with Crippen LogP contribution in [0.3, 0.4) is 0 Å². The first-order chi connectivity index (χ1) is 7.71. The Morgan fingerprint density at radius 3 is 2.29 bits per heavy atom. The zero-order valence-corrected chi connectivity index (χ0v) is 8.97. The Labute approximate surface area is 95.4 Å². The molecule has 17 heavy (non-hydrogen) atoms. The third kappa shape index (κ3) is 3.30. The van der Waals surface area contributed by atoms with Gasteiger partial charge in [-0.05, 0) is 24.6 Å². The summed E-state index contributed by atoms with van der Waals surface area (Å²) in [4.78, 5) is 21.9. The predicted octanol–water partition coefficient (Wildman–Crippen LogP) is 1.94. The number of carbonyl (C=O) groups is 2. The minimum absolute atomic E-state index is 0.126. The molecule has 0 atom stereocenters. The fraction of sp³-hybridized carbons (Fsp3) is 0.273. The van der Waals surface area contributed by atoms with Crippen molar-refractivity contribution in [3.05, 3.63) is 34.9 Å². The zero-order valence-electron chi connectivity index (χ0n) is 8.97. The maximum atomic E-state index is 12.4. The van der Waals surface area contributed by atoms with Crippen molar-refractivity contribution in [3.63, 3.8) is 0 Å². The zero-order chi connectivity index (χ0) is 13.2. The van der Waals surface area contributed by atoms with Crippen molar-refractivity contribution in [1.82, 2.24) is 0 Å². The molecule has 6 heteroatoms. The van der Waals surface area contributed by atoms with Crippen molar-refractivity contribution >= 4 is 11.7 Å². The molecule has 1 rings (SSSR count). The minimum Gasteiger partial charge on any atom is -0.369 e. The Bertz CT molecular complexity index is 466. The van der Waals surface area contributed by atoms with E-state index in [0.717, 1.165) is 25.1 Å². The highest BCUT2D eigenvalue weighted by Gasteiger charge is 2.31. The molecule has 0 saturated heterocycles. The summed E-state index contributed by atoms with van der Waals surface area (Å²) in [7, 11) is 0. The Kier molecular flexibility index (Phi) is 3.55. The molecule has 0 spiro atoms. The molecule has 0 unspecified atom stereocenters. The molecule has 0 radical (unpaired) electrons. The van der Waals surface area contributed by atoms with Gasteiger partial charge in [-0.2, -0.15) is 13.2 Å². The van der Waals surface area contributed by atoms with E-state index >= 15 is 0 Å². The van der Waals surface area contributed by atoms with E-state index in [1.807, 2.05) is 0 Å². The second kappa shape index (κ2) is 4.57. The van der Waals surface area contributed by atoms with E-state index < -0.39 is 23.4 Å². The number of amides is 1. The normalized spacial score (nSPS) is 11.3. The second-order valence-corrected chi connectivity index (χ2v) is 3.57. The maximum Gasteiger partial charge on any atom is 0.416 e. The van der Waals surface area contributed by atoms with E-state index in [-0.39, 0.29) is 17.5 Å². The molecule has 0 aliphatic rings. The van der Waals surface area contributed by atoms with Crippen LogP contribution in [-0.4, -0.2) is 11.7 Å². The van der Waals surface area contributed by atoms with Crippen LogP contribution in [0.5, 0.6) is 0 Å². The lowest BCUT2D eigenvalue weighted by Gasteiger charge is -2.10. The van der Waals surface area contributed by atoms with Crippen LogP contribution in [-0.2, 0) is 17.4 Å². The number of ketones is 1. The molecule has 0 saturated carbocycles. The van der Waals surface area contributed by atoms with Crippen LogP contribution < -0.4 is 5.73 Å². The molecule has 0 fully saturated rings. The summed E-state index contributed by atoms with van der Waals surface area (Å²) >= 11 is 0. The van der Waals surface area contributed by atoms with Crippen LogP contribution in [0, 0.1) is 0 Å². The molecule has 1 aromatic rings. The third-order valence-corrected chi connectivity index (χ3v) is 2.18. The van der Waals surface area contributed by atoms with Crippen LogP contribution in [0.2, 0.25) is 0 Å². The predicted molar refractivity (Wildman–Crippen MR) is 54.3 cm³/mol.